The molecule has 1 N–H and O–H groups in total. The fraction of sp³-hybridized carbons (Fsp3) is 0.515. The third-order valence-electron chi connectivity index (χ3n) is 6.16. The predicted molar refractivity (Wildman–Crippen MR) is 163 cm³/mol. The molecule has 0 aliphatic heterocycles. The summed E-state index contributed by atoms with van der Waals surface area (Å²) < 4.78 is 5.48. The van der Waals surface area contributed by atoms with E-state index in [1.807, 2.05) is 81.4 Å². The molecule has 2 aromatic carbocycles. The molecule has 10 heteroatoms. The average Bonchev–Trinajstić information content (AvgIpc) is 2.98. The minimum Gasteiger partial charge on any atom is -0.442 e. The molecule has 0 radical (unpaired) electrons. The van der Waals surface area contributed by atoms with Crippen LogP contribution >= 0.6 is 0 Å². The van der Waals surface area contributed by atoms with Crippen molar-refractivity contribution in [2.24, 2.45) is 0 Å². The van der Waals surface area contributed by atoms with Crippen molar-refractivity contribution in [2.75, 3.05) is 19.6 Å². The van der Waals surface area contributed by atoms with Crippen LogP contribution in [-0.4, -0.2) is 53.3 Å². The van der Waals surface area contributed by atoms with Crippen molar-refractivity contribution in [1.82, 2.24) is 15.4 Å². The summed E-state index contributed by atoms with van der Waals surface area (Å²) in [6.07, 6.45) is 3.43. The SMILES string of the molecule is CC(C)(C)OC(=O)N(CCCCCNC(=O)CCC(=O)N(CCCCC#N)OCc1ccccc1)OCc1ccccc1. The van der Waals surface area contributed by atoms with E-state index in [-0.39, 0.29) is 37.9 Å². The first-order valence-electron chi connectivity index (χ1n) is 15.0. The largest absolute Gasteiger partial charge is 0.442 e. The lowest BCUT2D eigenvalue weighted by Crippen LogP contribution is -2.37. The van der Waals surface area contributed by atoms with Crippen molar-refractivity contribution in [3.63, 3.8) is 0 Å². The first kappa shape index (κ1) is 35.3. The number of nitriles is 1. The van der Waals surface area contributed by atoms with Gasteiger partial charge < -0.3 is 10.1 Å². The monoisotopic (exact) mass is 594 g/mol. The second-order valence-corrected chi connectivity index (χ2v) is 11.1. The van der Waals surface area contributed by atoms with Crippen LogP contribution in [0.2, 0.25) is 0 Å². The third-order valence-corrected chi connectivity index (χ3v) is 6.16. The molecule has 43 heavy (non-hydrogen) atoms. The zero-order valence-electron chi connectivity index (χ0n) is 25.8. The molecular weight excluding hydrogens is 548 g/mol. The number of carbonyl (C=O) groups is 3. The molecule has 0 saturated heterocycles. The van der Waals surface area contributed by atoms with Crippen LogP contribution in [0.3, 0.4) is 0 Å². The Morgan fingerprint density at radius 2 is 1.33 bits per heavy atom. The molecule has 234 valence electrons. The summed E-state index contributed by atoms with van der Waals surface area (Å²) in [7, 11) is 0. The van der Waals surface area contributed by atoms with Crippen molar-refractivity contribution in [1.29, 1.82) is 5.26 Å². The van der Waals surface area contributed by atoms with E-state index in [2.05, 4.69) is 11.4 Å². The minimum absolute atomic E-state index is 0.0302. The van der Waals surface area contributed by atoms with Gasteiger partial charge in [-0.1, -0.05) is 60.7 Å². The molecule has 10 nitrogen and oxygen atoms in total. The van der Waals surface area contributed by atoms with Crippen molar-refractivity contribution < 1.29 is 28.8 Å². The number of amides is 3. The lowest BCUT2D eigenvalue weighted by Gasteiger charge is -2.26. The summed E-state index contributed by atoms with van der Waals surface area (Å²) >= 11 is 0. The van der Waals surface area contributed by atoms with Gasteiger partial charge in [0.15, 0.2) is 0 Å². The number of carbonyl (C=O) groups excluding carboxylic acids is 3. The molecule has 0 heterocycles. The maximum Gasteiger partial charge on any atom is 0.434 e. The van der Waals surface area contributed by atoms with Gasteiger partial charge in [0.2, 0.25) is 11.8 Å². The van der Waals surface area contributed by atoms with Crippen molar-refractivity contribution >= 4 is 17.9 Å². The van der Waals surface area contributed by atoms with Gasteiger partial charge in [-0.15, -0.1) is 0 Å². The Kier molecular flexibility index (Phi) is 16.4. The quantitative estimate of drug-likeness (QED) is 0.155. The highest BCUT2D eigenvalue weighted by atomic mass is 16.7. The summed E-state index contributed by atoms with van der Waals surface area (Å²) in [5.41, 5.74) is 1.24. The van der Waals surface area contributed by atoms with E-state index in [1.165, 1.54) is 10.1 Å². The smallest absolute Gasteiger partial charge is 0.434 e. The van der Waals surface area contributed by atoms with Crippen LogP contribution in [0.25, 0.3) is 0 Å². The first-order valence-corrected chi connectivity index (χ1v) is 15.0. The van der Waals surface area contributed by atoms with E-state index in [0.717, 1.165) is 17.5 Å². The van der Waals surface area contributed by atoms with Gasteiger partial charge >= 0.3 is 6.09 Å². The van der Waals surface area contributed by atoms with Crippen molar-refractivity contribution in [3.05, 3.63) is 71.8 Å². The van der Waals surface area contributed by atoms with E-state index in [0.29, 0.717) is 51.7 Å². The number of hydrogen-bond donors (Lipinski definition) is 1. The zero-order valence-corrected chi connectivity index (χ0v) is 25.8. The normalized spacial score (nSPS) is 10.9. The minimum atomic E-state index is -0.639. The third kappa shape index (κ3) is 16.3. The van der Waals surface area contributed by atoms with Gasteiger partial charge in [-0.3, -0.25) is 19.3 Å². The highest BCUT2D eigenvalue weighted by molar-refractivity contribution is 5.83. The molecular formula is C33H46N4O6. The molecule has 0 spiro atoms. The Labute approximate surface area is 255 Å². The Morgan fingerprint density at radius 1 is 0.767 bits per heavy atom. The first-order chi connectivity index (χ1) is 20.7. The van der Waals surface area contributed by atoms with E-state index in [1.54, 1.807) is 0 Å². The molecule has 3 amide bonds. The van der Waals surface area contributed by atoms with Gasteiger partial charge in [0.05, 0.1) is 12.6 Å². The molecule has 0 bridgehead atoms. The second kappa shape index (κ2) is 20.1. The molecule has 0 fully saturated rings. The van der Waals surface area contributed by atoms with Crippen LogP contribution in [0.4, 0.5) is 4.79 Å². The predicted octanol–water partition coefficient (Wildman–Crippen LogP) is 6.08. The fourth-order valence-corrected chi connectivity index (χ4v) is 3.91. The Morgan fingerprint density at radius 3 is 1.91 bits per heavy atom. The van der Waals surface area contributed by atoms with Crippen LogP contribution in [0, 0.1) is 11.3 Å². The number of benzene rings is 2. The summed E-state index contributed by atoms with van der Waals surface area (Å²) in [5, 5.41) is 14.2. The molecule has 0 aromatic heterocycles. The molecule has 0 unspecified atom stereocenters. The second-order valence-electron chi connectivity index (χ2n) is 11.1. The summed E-state index contributed by atoms with van der Waals surface area (Å²) in [6.45, 7) is 7.12. The van der Waals surface area contributed by atoms with Crippen molar-refractivity contribution in [2.45, 2.75) is 91.0 Å². The van der Waals surface area contributed by atoms with Crippen LogP contribution in [0.5, 0.6) is 0 Å². The van der Waals surface area contributed by atoms with E-state index < -0.39 is 11.7 Å². The van der Waals surface area contributed by atoms with E-state index in [9.17, 15) is 14.4 Å². The van der Waals surface area contributed by atoms with Gasteiger partial charge in [-0.05, 0) is 64.0 Å². The lowest BCUT2D eigenvalue weighted by molar-refractivity contribution is -0.192. The number of hydrogen-bond acceptors (Lipinski definition) is 7. The number of nitrogens with zero attached hydrogens (tertiary/aromatic N) is 3. The van der Waals surface area contributed by atoms with Crippen LogP contribution in [-0.2, 0) is 37.2 Å². The van der Waals surface area contributed by atoms with Crippen LogP contribution in [0.1, 0.15) is 83.3 Å². The standard InChI is InChI=1S/C33H46N4O6/c1-33(2,3)43-32(40)37(42-27-29-18-10-5-11-19-29)25-15-7-13-23-35-30(38)20-21-31(39)36(24-14-6-12-22-34)41-26-28-16-8-4-9-17-28/h4-5,8-11,16-19H,6-7,12-15,20-21,23-27H2,1-3H3,(H,35,38). The molecule has 0 atom stereocenters. The number of unbranched alkanes of at least 4 members (excludes halogenated alkanes) is 4. The van der Waals surface area contributed by atoms with Gasteiger partial charge in [-0.25, -0.2) is 9.86 Å². The Bertz CT molecular complexity index is 1130. The highest BCUT2D eigenvalue weighted by Gasteiger charge is 2.23. The van der Waals surface area contributed by atoms with Crippen LogP contribution < -0.4 is 5.32 Å². The molecule has 2 aromatic rings. The van der Waals surface area contributed by atoms with Crippen LogP contribution in [0.15, 0.2) is 60.7 Å². The lowest BCUT2D eigenvalue weighted by atomic mass is 10.2. The van der Waals surface area contributed by atoms with E-state index in [4.69, 9.17) is 19.7 Å². The Balaban J connectivity index is 1.70. The zero-order chi connectivity index (χ0) is 31.3. The van der Waals surface area contributed by atoms with Gasteiger partial charge in [-0.2, -0.15) is 10.3 Å². The number of nitrogens with one attached hydrogen (secondary N) is 1. The molecule has 0 aliphatic rings. The summed E-state index contributed by atoms with van der Waals surface area (Å²) in [4.78, 5) is 49.3. The van der Waals surface area contributed by atoms with E-state index >= 15 is 0 Å². The van der Waals surface area contributed by atoms with Crippen molar-refractivity contribution in [3.8, 4) is 6.07 Å². The average molecular weight is 595 g/mol. The number of ether oxygens (including phenoxy) is 1. The summed E-state index contributed by atoms with van der Waals surface area (Å²) in [6, 6.07) is 21.2. The van der Waals surface area contributed by atoms with Gasteiger partial charge in [0.1, 0.15) is 18.8 Å². The maximum atomic E-state index is 12.8. The molecule has 0 aliphatic carbocycles. The highest BCUT2D eigenvalue weighted by Crippen LogP contribution is 2.13. The number of rotatable bonds is 19. The maximum absolute atomic E-state index is 12.8. The summed E-state index contributed by atoms with van der Waals surface area (Å²) in [5.74, 6) is -0.469. The fourth-order valence-electron chi connectivity index (χ4n) is 3.91. The molecule has 0 saturated carbocycles. The van der Waals surface area contributed by atoms with Gasteiger partial charge in [0.25, 0.3) is 0 Å². The molecule has 2 rings (SSSR count). The Hall–Kier alpha value is -3.94. The number of hydroxylamine groups is 4. The topological polar surface area (TPSA) is 121 Å². The van der Waals surface area contributed by atoms with Gasteiger partial charge in [0, 0.05) is 32.4 Å².